The normalized spacial score (nSPS) is 18.9. The van der Waals surface area contributed by atoms with E-state index in [1.165, 1.54) is 0 Å². The van der Waals surface area contributed by atoms with Crippen molar-refractivity contribution in [1.82, 2.24) is 9.88 Å². The number of carbonyl (C=O) groups is 1. The van der Waals surface area contributed by atoms with Crippen molar-refractivity contribution in [2.24, 2.45) is 0 Å². The molecule has 1 fully saturated rings. The van der Waals surface area contributed by atoms with E-state index in [1.54, 1.807) is 6.20 Å². The first-order valence-corrected chi connectivity index (χ1v) is 7.54. The van der Waals surface area contributed by atoms with E-state index in [1.807, 2.05) is 41.9 Å². The summed E-state index contributed by atoms with van der Waals surface area (Å²) >= 11 is 1.91. The van der Waals surface area contributed by atoms with Crippen LogP contribution in [0.15, 0.2) is 24.4 Å². The molecule has 100 valence electrons. The number of H-pyrrole nitrogens is 1. The van der Waals surface area contributed by atoms with Crippen LogP contribution in [0.1, 0.15) is 16.8 Å². The van der Waals surface area contributed by atoms with E-state index < -0.39 is 0 Å². The zero-order valence-corrected chi connectivity index (χ0v) is 11.7. The van der Waals surface area contributed by atoms with Gasteiger partial charge in [0, 0.05) is 41.6 Å². The Labute approximate surface area is 116 Å². The summed E-state index contributed by atoms with van der Waals surface area (Å²) in [5.41, 5.74) is 8.15. The summed E-state index contributed by atoms with van der Waals surface area (Å²) in [6, 6.07) is 5.96. The molecule has 3 rings (SSSR count). The quantitative estimate of drug-likeness (QED) is 0.827. The number of thioether (sulfide) groups is 1. The van der Waals surface area contributed by atoms with Gasteiger partial charge in [-0.2, -0.15) is 11.8 Å². The Kier molecular flexibility index (Phi) is 3.14. The molecule has 3 N–H and O–H groups in total. The lowest BCUT2D eigenvalue weighted by Gasteiger charge is -2.23. The number of nitrogens with two attached hydrogens (primary N) is 1. The number of nitrogens with zero attached hydrogens (tertiary/aromatic N) is 1. The first-order chi connectivity index (χ1) is 9.16. The molecule has 1 saturated heterocycles. The van der Waals surface area contributed by atoms with Crippen LogP contribution >= 0.6 is 11.8 Å². The molecule has 0 aliphatic carbocycles. The number of fused-ring (bicyclic) bond motifs is 1. The van der Waals surface area contributed by atoms with Gasteiger partial charge < -0.3 is 15.6 Å². The van der Waals surface area contributed by atoms with E-state index in [9.17, 15) is 4.79 Å². The topological polar surface area (TPSA) is 62.1 Å². The fourth-order valence-corrected chi connectivity index (χ4v) is 3.77. The molecule has 1 aromatic heterocycles. The molecule has 1 aromatic carbocycles. The van der Waals surface area contributed by atoms with Crippen molar-refractivity contribution >= 4 is 34.3 Å². The van der Waals surface area contributed by atoms with E-state index >= 15 is 0 Å². The summed E-state index contributed by atoms with van der Waals surface area (Å²) in [6.07, 6.45) is 2.86. The molecular weight excluding hydrogens is 258 g/mol. The van der Waals surface area contributed by atoms with Gasteiger partial charge in [-0.1, -0.05) is 0 Å². The van der Waals surface area contributed by atoms with Crippen LogP contribution < -0.4 is 5.73 Å². The van der Waals surface area contributed by atoms with Gasteiger partial charge in [-0.3, -0.25) is 4.79 Å². The van der Waals surface area contributed by atoms with Crippen molar-refractivity contribution in [3.05, 3.63) is 30.0 Å². The molecule has 0 saturated carbocycles. The monoisotopic (exact) mass is 275 g/mol. The number of hydrogen-bond donors (Lipinski definition) is 2. The Morgan fingerprint density at radius 3 is 3.11 bits per heavy atom. The van der Waals surface area contributed by atoms with E-state index in [4.69, 9.17) is 5.73 Å². The molecule has 0 bridgehead atoms. The van der Waals surface area contributed by atoms with Crippen LogP contribution in [0.5, 0.6) is 0 Å². The minimum atomic E-state index is 0.0735. The lowest BCUT2D eigenvalue weighted by Crippen LogP contribution is -2.36. The average Bonchev–Trinajstić information content (AvgIpc) is 3.05. The van der Waals surface area contributed by atoms with Crippen molar-refractivity contribution in [3.8, 4) is 0 Å². The number of aromatic nitrogens is 1. The number of aromatic amines is 1. The standard InChI is InChI=1S/C14H17N3OS/c1-17(10-4-5-19-8-10)14(18)12-7-16-13-3-2-9(15)6-11(12)13/h2-3,6-7,10,16H,4-5,8,15H2,1H3. The van der Waals surface area contributed by atoms with Crippen molar-refractivity contribution in [2.45, 2.75) is 12.5 Å². The molecular formula is C14H17N3OS. The highest BCUT2D eigenvalue weighted by Gasteiger charge is 2.26. The zero-order chi connectivity index (χ0) is 13.4. The number of nitrogens with one attached hydrogen (secondary N) is 1. The van der Waals surface area contributed by atoms with Gasteiger partial charge in [-0.25, -0.2) is 0 Å². The molecule has 4 nitrogen and oxygen atoms in total. The van der Waals surface area contributed by atoms with E-state index in [-0.39, 0.29) is 5.91 Å². The minimum Gasteiger partial charge on any atom is -0.399 e. The lowest BCUT2D eigenvalue weighted by atomic mass is 10.1. The van der Waals surface area contributed by atoms with Crippen LogP contribution in [0.3, 0.4) is 0 Å². The summed E-state index contributed by atoms with van der Waals surface area (Å²) in [5, 5.41) is 0.905. The Bertz CT molecular complexity index is 616. The number of hydrogen-bond acceptors (Lipinski definition) is 3. The third-order valence-corrected chi connectivity index (χ3v) is 4.85. The number of amides is 1. The van der Waals surface area contributed by atoms with Crippen LogP contribution in [0.4, 0.5) is 5.69 Å². The highest BCUT2D eigenvalue weighted by molar-refractivity contribution is 7.99. The van der Waals surface area contributed by atoms with Crippen molar-refractivity contribution in [1.29, 1.82) is 0 Å². The third kappa shape index (κ3) is 2.18. The second-order valence-corrected chi connectivity index (χ2v) is 6.09. The highest BCUT2D eigenvalue weighted by Crippen LogP contribution is 2.26. The molecule has 2 aromatic rings. The Balaban J connectivity index is 1.94. The molecule has 1 unspecified atom stereocenters. The van der Waals surface area contributed by atoms with E-state index in [2.05, 4.69) is 4.98 Å². The van der Waals surface area contributed by atoms with Gasteiger partial charge >= 0.3 is 0 Å². The number of anilines is 1. The molecule has 2 heterocycles. The van der Waals surface area contributed by atoms with Crippen LogP contribution in [0, 0.1) is 0 Å². The molecule has 1 aliphatic heterocycles. The predicted octanol–water partition coefficient (Wildman–Crippen LogP) is 2.33. The molecule has 0 spiro atoms. The molecule has 19 heavy (non-hydrogen) atoms. The van der Waals surface area contributed by atoms with Crippen molar-refractivity contribution in [3.63, 3.8) is 0 Å². The van der Waals surface area contributed by atoms with Crippen LogP contribution in [-0.4, -0.2) is 40.4 Å². The van der Waals surface area contributed by atoms with Gasteiger partial charge in [0.1, 0.15) is 0 Å². The molecule has 5 heteroatoms. The largest absolute Gasteiger partial charge is 0.399 e. The molecule has 0 radical (unpaired) electrons. The van der Waals surface area contributed by atoms with Gasteiger partial charge in [0.25, 0.3) is 5.91 Å². The van der Waals surface area contributed by atoms with Crippen LogP contribution in [0.2, 0.25) is 0 Å². The summed E-state index contributed by atoms with van der Waals surface area (Å²) in [4.78, 5) is 17.6. The fourth-order valence-electron chi connectivity index (χ4n) is 2.50. The maximum atomic E-state index is 12.6. The Hall–Kier alpha value is -1.62. The summed E-state index contributed by atoms with van der Waals surface area (Å²) in [6.45, 7) is 0. The number of carbonyl (C=O) groups excluding carboxylic acids is 1. The molecule has 1 aliphatic rings. The average molecular weight is 275 g/mol. The van der Waals surface area contributed by atoms with Gasteiger partial charge in [-0.05, 0) is 30.4 Å². The number of rotatable bonds is 2. The minimum absolute atomic E-state index is 0.0735. The van der Waals surface area contributed by atoms with Gasteiger partial charge in [0.15, 0.2) is 0 Å². The molecule has 1 amide bonds. The lowest BCUT2D eigenvalue weighted by molar-refractivity contribution is 0.0750. The summed E-state index contributed by atoms with van der Waals surface area (Å²) in [5.74, 6) is 2.25. The summed E-state index contributed by atoms with van der Waals surface area (Å²) < 4.78 is 0. The van der Waals surface area contributed by atoms with Gasteiger partial charge in [-0.15, -0.1) is 0 Å². The van der Waals surface area contributed by atoms with Crippen LogP contribution in [0.25, 0.3) is 10.9 Å². The van der Waals surface area contributed by atoms with Crippen LogP contribution in [-0.2, 0) is 0 Å². The van der Waals surface area contributed by atoms with E-state index in [0.29, 0.717) is 17.3 Å². The zero-order valence-electron chi connectivity index (χ0n) is 10.8. The number of nitrogen functional groups attached to an aromatic ring is 1. The van der Waals surface area contributed by atoms with E-state index in [0.717, 1.165) is 28.8 Å². The smallest absolute Gasteiger partial charge is 0.256 e. The van der Waals surface area contributed by atoms with Crippen molar-refractivity contribution in [2.75, 3.05) is 24.3 Å². The molecule has 1 atom stereocenters. The third-order valence-electron chi connectivity index (χ3n) is 3.71. The Morgan fingerprint density at radius 1 is 1.53 bits per heavy atom. The first kappa shape index (κ1) is 12.4. The first-order valence-electron chi connectivity index (χ1n) is 6.38. The highest BCUT2D eigenvalue weighted by atomic mass is 32.2. The number of benzene rings is 1. The van der Waals surface area contributed by atoms with Gasteiger partial charge in [0.05, 0.1) is 5.56 Å². The maximum absolute atomic E-state index is 12.6. The summed E-state index contributed by atoms with van der Waals surface area (Å²) in [7, 11) is 1.89. The SMILES string of the molecule is CN(C(=O)c1c[nH]c2ccc(N)cc12)C1CCSC1. The second kappa shape index (κ2) is 4.81. The van der Waals surface area contributed by atoms with Crippen molar-refractivity contribution < 1.29 is 4.79 Å². The Morgan fingerprint density at radius 2 is 2.37 bits per heavy atom. The van der Waals surface area contributed by atoms with Gasteiger partial charge in [0.2, 0.25) is 0 Å². The maximum Gasteiger partial charge on any atom is 0.256 e. The fraction of sp³-hybridized carbons (Fsp3) is 0.357. The predicted molar refractivity (Wildman–Crippen MR) is 80.5 cm³/mol. The second-order valence-electron chi connectivity index (χ2n) is 4.94.